The van der Waals surface area contributed by atoms with Crippen LogP contribution >= 0.6 is 23.5 Å². The molecule has 0 amide bonds. The van der Waals surface area contributed by atoms with Crippen molar-refractivity contribution in [1.29, 1.82) is 0 Å². The summed E-state index contributed by atoms with van der Waals surface area (Å²) >= 11 is 3.11. The van der Waals surface area contributed by atoms with E-state index < -0.39 is 0 Å². The Kier molecular flexibility index (Phi) is 8.76. The van der Waals surface area contributed by atoms with Crippen molar-refractivity contribution in [2.45, 2.75) is 13.8 Å². The van der Waals surface area contributed by atoms with Crippen molar-refractivity contribution < 1.29 is 0 Å². The van der Waals surface area contributed by atoms with Crippen LogP contribution in [0.15, 0.2) is 106 Å². The predicted octanol–water partition coefficient (Wildman–Crippen LogP) is 8.87. The third kappa shape index (κ3) is 6.61. The van der Waals surface area contributed by atoms with Crippen LogP contribution in [0, 0.1) is 0 Å². The fourth-order valence-electron chi connectivity index (χ4n) is 2.81. The molecule has 0 fully saturated rings. The van der Waals surface area contributed by atoms with Gasteiger partial charge in [0.1, 0.15) is 0 Å². The smallest absolute Gasteiger partial charge is 0.0663 e. The molecule has 3 aromatic carbocycles. The van der Waals surface area contributed by atoms with E-state index in [2.05, 4.69) is 70.6 Å². The van der Waals surface area contributed by atoms with Crippen LogP contribution in [0.3, 0.4) is 0 Å². The lowest BCUT2D eigenvalue weighted by Crippen LogP contribution is -1.81. The summed E-state index contributed by atoms with van der Waals surface area (Å²) in [5.74, 6) is 0. The summed E-state index contributed by atoms with van der Waals surface area (Å²) in [6.07, 6.45) is 3.99. The van der Waals surface area contributed by atoms with E-state index in [0.717, 1.165) is 22.5 Å². The molecule has 2 nitrogen and oxygen atoms in total. The zero-order chi connectivity index (χ0) is 21.0. The molecule has 3 rings (SSSR count). The summed E-state index contributed by atoms with van der Waals surface area (Å²) in [6.45, 7) is 3.99. The molecule has 0 bridgehead atoms. The summed E-state index contributed by atoms with van der Waals surface area (Å²) < 4.78 is 0. The molecule has 0 aliphatic rings. The number of benzene rings is 3. The van der Waals surface area contributed by atoms with Crippen LogP contribution in [0.25, 0.3) is 22.3 Å². The summed E-state index contributed by atoms with van der Waals surface area (Å²) in [7, 11) is 0. The van der Waals surface area contributed by atoms with Crippen molar-refractivity contribution in [3.05, 3.63) is 95.8 Å². The van der Waals surface area contributed by atoms with Crippen LogP contribution in [-0.4, -0.2) is 11.1 Å². The van der Waals surface area contributed by atoms with E-state index in [4.69, 9.17) is 0 Å². The lowest BCUT2D eigenvalue weighted by molar-refractivity contribution is 1.48. The molecule has 0 radical (unpaired) electrons. The fraction of sp³-hybridized carbons (Fsp3) is 0.0769. The maximum Gasteiger partial charge on any atom is 0.0663 e. The van der Waals surface area contributed by atoms with Gasteiger partial charge in [0.05, 0.1) is 22.5 Å². The highest BCUT2D eigenvalue weighted by atomic mass is 32.2. The fourth-order valence-corrected chi connectivity index (χ4v) is 3.63. The predicted molar refractivity (Wildman–Crippen MR) is 138 cm³/mol. The molecule has 0 heterocycles. The van der Waals surface area contributed by atoms with Gasteiger partial charge in [-0.1, -0.05) is 90.3 Å². The second kappa shape index (κ2) is 12.0. The summed E-state index contributed by atoms with van der Waals surface area (Å²) in [6, 6.07) is 25.2. The molecule has 0 saturated carbocycles. The number of hydrogen-bond donors (Lipinski definition) is 0. The Bertz CT molecular complexity index is 1010. The van der Waals surface area contributed by atoms with Crippen LogP contribution in [0.5, 0.6) is 0 Å². The van der Waals surface area contributed by atoms with E-state index >= 15 is 0 Å². The Hall–Kier alpha value is -2.82. The zero-order valence-corrected chi connectivity index (χ0v) is 18.7. The SMILES string of the molecule is C/C=C\SC=Nc1cc(N=CS/C=C\C)cc(-c2ccc(-c3ccccc3)cc2)c1. The Labute approximate surface area is 187 Å². The van der Waals surface area contributed by atoms with Crippen LogP contribution in [0.2, 0.25) is 0 Å². The van der Waals surface area contributed by atoms with E-state index in [1.165, 1.54) is 11.1 Å². The Balaban J connectivity index is 1.91. The van der Waals surface area contributed by atoms with Crippen LogP contribution in [0.1, 0.15) is 13.8 Å². The van der Waals surface area contributed by atoms with Gasteiger partial charge in [-0.05, 0) is 65.1 Å². The van der Waals surface area contributed by atoms with Gasteiger partial charge in [-0.2, -0.15) is 0 Å². The van der Waals surface area contributed by atoms with Crippen LogP contribution in [-0.2, 0) is 0 Å². The maximum atomic E-state index is 4.59. The molecule has 0 aromatic heterocycles. The van der Waals surface area contributed by atoms with Crippen molar-refractivity contribution in [2.75, 3.05) is 0 Å². The van der Waals surface area contributed by atoms with Gasteiger partial charge in [-0.3, -0.25) is 0 Å². The first-order valence-corrected chi connectivity index (χ1v) is 11.6. The standard InChI is InChI=1S/C26H24N2S2/c1-3-14-29-19-27-25-16-24(17-26(18-25)28-20-30-15-4-2)23-12-10-22(11-13-23)21-8-6-5-7-9-21/h3-20H,1-2H3/b14-3-,15-4-,27-19?,28-20?. The lowest BCUT2D eigenvalue weighted by Gasteiger charge is -2.07. The number of hydrogen-bond acceptors (Lipinski definition) is 4. The van der Waals surface area contributed by atoms with Crippen molar-refractivity contribution >= 4 is 46.0 Å². The van der Waals surface area contributed by atoms with E-state index in [0.29, 0.717) is 0 Å². The maximum absolute atomic E-state index is 4.59. The van der Waals surface area contributed by atoms with E-state index in [1.807, 2.05) is 60.0 Å². The van der Waals surface area contributed by atoms with Gasteiger partial charge in [0.15, 0.2) is 0 Å². The van der Waals surface area contributed by atoms with Gasteiger partial charge < -0.3 is 0 Å². The van der Waals surface area contributed by atoms with Crippen LogP contribution < -0.4 is 0 Å². The highest BCUT2D eigenvalue weighted by Gasteiger charge is 2.04. The van der Waals surface area contributed by atoms with Gasteiger partial charge in [0, 0.05) is 0 Å². The number of nitrogens with zero attached hydrogens (tertiary/aromatic N) is 2. The van der Waals surface area contributed by atoms with E-state index in [1.54, 1.807) is 23.5 Å². The zero-order valence-electron chi connectivity index (χ0n) is 17.1. The molecule has 0 aliphatic heterocycles. The minimum absolute atomic E-state index is 0.889. The number of rotatable bonds is 8. The number of aliphatic imine (C=N–C) groups is 2. The van der Waals surface area contributed by atoms with Crippen molar-refractivity contribution in [3.63, 3.8) is 0 Å². The van der Waals surface area contributed by atoms with Crippen molar-refractivity contribution in [1.82, 2.24) is 0 Å². The Morgan fingerprint density at radius 2 is 1.03 bits per heavy atom. The minimum Gasteiger partial charge on any atom is -0.250 e. The monoisotopic (exact) mass is 428 g/mol. The summed E-state index contributed by atoms with van der Waals surface area (Å²) in [4.78, 5) is 9.18. The van der Waals surface area contributed by atoms with Gasteiger partial charge in [-0.15, -0.1) is 0 Å². The second-order valence-corrected chi connectivity index (χ2v) is 7.87. The molecule has 0 aliphatic carbocycles. The van der Waals surface area contributed by atoms with Gasteiger partial charge in [0.2, 0.25) is 0 Å². The molecular formula is C26H24N2S2. The molecule has 30 heavy (non-hydrogen) atoms. The summed E-state index contributed by atoms with van der Waals surface area (Å²) in [5, 5.41) is 4.00. The molecular weight excluding hydrogens is 404 g/mol. The summed E-state index contributed by atoms with van der Waals surface area (Å²) in [5.41, 5.74) is 10.1. The number of thioether (sulfide) groups is 2. The lowest BCUT2D eigenvalue weighted by atomic mass is 10.00. The third-order valence-corrected chi connectivity index (χ3v) is 5.50. The molecule has 150 valence electrons. The van der Waals surface area contributed by atoms with Gasteiger partial charge >= 0.3 is 0 Å². The molecule has 0 N–H and O–H groups in total. The van der Waals surface area contributed by atoms with Crippen molar-refractivity contribution in [2.24, 2.45) is 9.98 Å². The molecule has 3 aromatic rings. The van der Waals surface area contributed by atoms with Crippen LogP contribution in [0.4, 0.5) is 11.4 Å². The first kappa shape index (κ1) is 21.9. The first-order valence-electron chi connectivity index (χ1n) is 9.69. The average Bonchev–Trinajstić information content (AvgIpc) is 2.80. The normalized spacial score (nSPS) is 12.1. The average molecular weight is 429 g/mol. The van der Waals surface area contributed by atoms with Crippen molar-refractivity contribution in [3.8, 4) is 22.3 Å². The number of allylic oxidation sites excluding steroid dienone is 2. The first-order chi connectivity index (χ1) is 14.8. The van der Waals surface area contributed by atoms with E-state index in [-0.39, 0.29) is 0 Å². The molecule has 0 spiro atoms. The molecule has 0 unspecified atom stereocenters. The highest BCUT2D eigenvalue weighted by Crippen LogP contribution is 2.32. The van der Waals surface area contributed by atoms with Gasteiger partial charge in [0.25, 0.3) is 0 Å². The largest absolute Gasteiger partial charge is 0.250 e. The molecule has 4 heteroatoms. The Morgan fingerprint density at radius 3 is 1.53 bits per heavy atom. The second-order valence-electron chi connectivity index (χ2n) is 6.36. The third-order valence-electron chi connectivity index (χ3n) is 4.18. The molecule has 0 atom stereocenters. The minimum atomic E-state index is 0.889. The topological polar surface area (TPSA) is 24.7 Å². The van der Waals surface area contributed by atoms with Gasteiger partial charge in [-0.25, -0.2) is 9.98 Å². The quantitative estimate of drug-likeness (QED) is 0.264. The highest BCUT2D eigenvalue weighted by molar-refractivity contribution is 8.14. The van der Waals surface area contributed by atoms with E-state index in [9.17, 15) is 0 Å². The molecule has 0 saturated heterocycles. The Morgan fingerprint density at radius 1 is 0.567 bits per heavy atom.